The van der Waals surface area contributed by atoms with Crippen LogP contribution in [0.25, 0.3) is 0 Å². The van der Waals surface area contributed by atoms with Gasteiger partial charge in [-0.25, -0.2) is 4.39 Å². The Morgan fingerprint density at radius 2 is 1.94 bits per heavy atom. The maximum Gasteiger partial charge on any atom is 0.125 e. The zero-order valence-corrected chi connectivity index (χ0v) is 20.2. The zero-order chi connectivity index (χ0) is 22.6. The molecule has 0 N–H and O–H groups in total. The minimum absolute atomic E-state index is 0.0206. The van der Waals surface area contributed by atoms with E-state index in [4.69, 9.17) is 0 Å². The molecule has 170 valence electrons. The van der Waals surface area contributed by atoms with Crippen molar-refractivity contribution in [2.24, 2.45) is 16.7 Å². The van der Waals surface area contributed by atoms with E-state index in [2.05, 4.69) is 64.0 Å². The van der Waals surface area contributed by atoms with Crippen LogP contribution in [-0.4, -0.2) is 24.0 Å². The Balaban J connectivity index is 1.74. The third kappa shape index (κ3) is 5.58. The van der Waals surface area contributed by atoms with E-state index in [0.717, 1.165) is 43.5 Å². The summed E-state index contributed by atoms with van der Waals surface area (Å²) in [5.41, 5.74) is 3.65. The average molecular weight is 424 g/mol. The van der Waals surface area contributed by atoms with Gasteiger partial charge in [-0.15, -0.1) is 0 Å². The normalized spacial score (nSPS) is 29.2. The van der Waals surface area contributed by atoms with Crippen molar-refractivity contribution < 1.29 is 4.39 Å². The first-order valence-corrected chi connectivity index (χ1v) is 12.1. The van der Waals surface area contributed by atoms with E-state index >= 15 is 4.39 Å². The number of rotatable bonds is 4. The quantitative estimate of drug-likeness (QED) is 0.326. The Morgan fingerprint density at radius 3 is 2.58 bits per heavy atom. The fourth-order valence-corrected chi connectivity index (χ4v) is 5.62. The van der Waals surface area contributed by atoms with Crippen LogP contribution >= 0.6 is 0 Å². The van der Waals surface area contributed by atoms with E-state index in [-0.39, 0.29) is 23.2 Å². The first kappa shape index (κ1) is 24.0. The molecule has 2 heteroatoms. The van der Waals surface area contributed by atoms with Crippen LogP contribution in [0.5, 0.6) is 0 Å². The molecule has 3 rings (SSSR count). The van der Waals surface area contributed by atoms with Crippen molar-refractivity contribution in [1.29, 1.82) is 0 Å². The van der Waals surface area contributed by atoms with Gasteiger partial charge in [-0.05, 0) is 85.9 Å². The second-order valence-electron chi connectivity index (χ2n) is 11.0. The number of hydrogen-bond acceptors (Lipinski definition) is 1. The molecule has 2 fully saturated rings. The van der Waals surface area contributed by atoms with Gasteiger partial charge in [0, 0.05) is 0 Å². The third-order valence-corrected chi connectivity index (χ3v) is 7.64. The van der Waals surface area contributed by atoms with Crippen LogP contribution in [0.2, 0.25) is 0 Å². The molecule has 0 amide bonds. The van der Waals surface area contributed by atoms with Gasteiger partial charge in [-0.2, -0.15) is 0 Å². The van der Waals surface area contributed by atoms with E-state index in [0.29, 0.717) is 5.41 Å². The molecule has 3 aliphatic rings. The van der Waals surface area contributed by atoms with Crippen LogP contribution < -0.4 is 0 Å². The Kier molecular flexibility index (Phi) is 7.63. The van der Waals surface area contributed by atoms with E-state index < -0.39 is 0 Å². The standard InChI is InChI=1S/C29H42FN/c1-7-8-9-10-12-24-13-11-16-29(21-24)17-19-31(20-18-29)27-23(3)22(2)14-15-25(26(27)30)28(4,5)6/h7-9,12,14-15,22,27H,1,3,10-11,13,16-21H2,2,4-6H3/b9-8-,24-12+. The third-order valence-electron chi connectivity index (χ3n) is 7.64. The molecule has 0 bridgehead atoms. The lowest BCUT2D eigenvalue weighted by atomic mass is 9.66. The molecule has 31 heavy (non-hydrogen) atoms. The summed E-state index contributed by atoms with van der Waals surface area (Å²) in [5.74, 6) is 0.214. The molecular weight excluding hydrogens is 381 g/mol. The first-order chi connectivity index (χ1) is 14.7. The molecule has 1 spiro atoms. The van der Waals surface area contributed by atoms with Gasteiger partial charge in [0.25, 0.3) is 0 Å². The molecule has 1 saturated carbocycles. The van der Waals surface area contributed by atoms with Crippen LogP contribution in [0, 0.1) is 16.7 Å². The van der Waals surface area contributed by atoms with Crippen LogP contribution in [0.3, 0.4) is 0 Å². The summed E-state index contributed by atoms with van der Waals surface area (Å²) in [6, 6.07) is -0.279. The Hall–Kier alpha value is -1.67. The highest BCUT2D eigenvalue weighted by molar-refractivity contribution is 5.40. The summed E-state index contributed by atoms with van der Waals surface area (Å²) in [6.45, 7) is 18.5. The van der Waals surface area contributed by atoms with Crippen LogP contribution in [0.1, 0.15) is 72.6 Å². The van der Waals surface area contributed by atoms with Crippen molar-refractivity contribution >= 4 is 0 Å². The van der Waals surface area contributed by atoms with Gasteiger partial charge >= 0.3 is 0 Å². The van der Waals surface area contributed by atoms with Gasteiger partial charge in [0.05, 0.1) is 6.04 Å². The topological polar surface area (TPSA) is 3.24 Å². The SMILES string of the molecule is C=C/C=C\C/C=C1\CCCC2(CCN(C3C(=C)C(C)C=CC(C(C)(C)C)=C3F)CC2)C1. The maximum absolute atomic E-state index is 15.9. The van der Waals surface area contributed by atoms with Crippen LogP contribution in [0.15, 0.2) is 72.2 Å². The van der Waals surface area contributed by atoms with Gasteiger partial charge in [-0.1, -0.05) is 82.9 Å². The maximum atomic E-state index is 15.9. The summed E-state index contributed by atoms with van der Waals surface area (Å²) in [4.78, 5) is 2.38. The number of allylic oxidation sites excluding steroid dienone is 8. The summed E-state index contributed by atoms with van der Waals surface area (Å²) in [5, 5.41) is 0. The molecule has 2 atom stereocenters. The van der Waals surface area contributed by atoms with Crippen LogP contribution in [-0.2, 0) is 0 Å². The lowest BCUT2D eigenvalue weighted by Gasteiger charge is -2.47. The van der Waals surface area contributed by atoms with Gasteiger partial charge in [0.15, 0.2) is 0 Å². The lowest BCUT2D eigenvalue weighted by molar-refractivity contribution is 0.0666. The summed E-state index contributed by atoms with van der Waals surface area (Å²) < 4.78 is 15.9. The summed E-state index contributed by atoms with van der Waals surface area (Å²) in [7, 11) is 0. The van der Waals surface area contributed by atoms with E-state index in [1.54, 1.807) is 5.57 Å². The largest absolute Gasteiger partial charge is 0.291 e. The molecular formula is C29H42FN. The van der Waals surface area contributed by atoms with Crippen LogP contribution in [0.4, 0.5) is 4.39 Å². The van der Waals surface area contributed by atoms with Gasteiger partial charge in [0.1, 0.15) is 5.83 Å². The van der Waals surface area contributed by atoms with E-state index in [1.165, 1.54) is 25.7 Å². The molecule has 2 aliphatic carbocycles. The number of halogens is 1. The molecule has 0 aromatic rings. The molecule has 0 aromatic carbocycles. The predicted molar refractivity (Wildman–Crippen MR) is 133 cm³/mol. The highest BCUT2D eigenvalue weighted by Crippen LogP contribution is 2.48. The lowest BCUT2D eigenvalue weighted by Crippen LogP contribution is -2.47. The number of hydrogen-bond donors (Lipinski definition) is 0. The molecule has 0 aromatic heterocycles. The molecule has 0 radical (unpaired) electrons. The molecule has 1 saturated heterocycles. The monoisotopic (exact) mass is 423 g/mol. The van der Waals surface area contributed by atoms with Crippen molar-refractivity contribution in [2.45, 2.75) is 78.7 Å². The van der Waals surface area contributed by atoms with Gasteiger partial charge < -0.3 is 0 Å². The minimum Gasteiger partial charge on any atom is -0.291 e. The van der Waals surface area contributed by atoms with Crippen molar-refractivity contribution in [3.63, 3.8) is 0 Å². The first-order valence-electron chi connectivity index (χ1n) is 12.1. The summed E-state index contributed by atoms with van der Waals surface area (Å²) in [6.07, 6.45) is 21.0. The van der Waals surface area contributed by atoms with Gasteiger partial charge in [0.2, 0.25) is 0 Å². The van der Waals surface area contributed by atoms with Crippen molar-refractivity contribution in [3.8, 4) is 0 Å². The van der Waals surface area contributed by atoms with Crippen molar-refractivity contribution in [1.82, 2.24) is 4.90 Å². The van der Waals surface area contributed by atoms with Crippen molar-refractivity contribution in [3.05, 3.63) is 72.2 Å². The predicted octanol–water partition coefficient (Wildman–Crippen LogP) is 8.10. The minimum atomic E-state index is -0.279. The zero-order valence-electron chi connectivity index (χ0n) is 20.2. The molecule has 1 aliphatic heterocycles. The van der Waals surface area contributed by atoms with E-state index in [9.17, 15) is 0 Å². The number of piperidine rings is 1. The Morgan fingerprint density at radius 1 is 1.23 bits per heavy atom. The second kappa shape index (κ2) is 9.86. The highest BCUT2D eigenvalue weighted by atomic mass is 19.1. The van der Waals surface area contributed by atoms with E-state index in [1.807, 2.05) is 18.2 Å². The summed E-state index contributed by atoms with van der Waals surface area (Å²) >= 11 is 0. The van der Waals surface area contributed by atoms with Gasteiger partial charge in [-0.3, -0.25) is 4.90 Å². The fourth-order valence-electron chi connectivity index (χ4n) is 5.62. The van der Waals surface area contributed by atoms with Crippen molar-refractivity contribution in [2.75, 3.05) is 13.1 Å². The fraction of sp³-hybridized carbons (Fsp3) is 0.586. The molecule has 2 unspecified atom stereocenters. The second-order valence-corrected chi connectivity index (χ2v) is 11.0. The average Bonchev–Trinajstić information content (AvgIpc) is 2.82. The smallest absolute Gasteiger partial charge is 0.125 e. The number of likely N-dealkylation sites (tertiary alicyclic amines) is 1. The molecule has 1 nitrogen and oxygen atoms in total. The molecule has 1 heterocycles. The Bertz CT molecular complexity index is 793. The number of nitrogens with zero attached hydrogens (tertiary/aromatic N) is 1. The highest BCUT2D eigenvalue weighted by Gasteiger charge is 2.41. The Labute approximate surface area is 190 Å².